The molecule has 5 nitrogen and oxygen atoms in total. The molecule has 1 aliphatic heterocycles. The quantitative estimate of drug-likeness (QED) is 0.924. The molecule has 0 bridgehead atoms. The summed E-state index contributed by atoms with van der Waals surface area (Å²) in [4.78, 5) is 11.4. The summed E-state index contributed by atoms with van der Waals surface area (Å²) in [6.45, 7) is 2.26. The number of nitrogens with zero attached hydrogens (tertiary/aromatic N) is 1. The molecule has 0 aliphatic carbocycles. The molecule has 0 spiro atoms. The lowest BCUT2D eigenvalue weighted by Gasteiger charge is -2.21. The van der Waals surface area contributed by atoms with Crippen LogP contribution in [0.4, 0.5) is 0 Å². The van der Waals surface area contributed by atoms with Gasteiger partial charge in [-0.15, -0.1) is 0 Å². The van der Waals surface area contributed by atoms with Crippen molar-refractivity contribution in [2.24, 2.45) is 0 Å². The molecule has 1 heterocycles. The zero-order valence-corrected chi connectivity index (χ0v) is 14.2. The van der Waals surface area contributed by atoms with Crippen molar-refractivity contribution in [3.8, 4) is 11.1 Å². The fourth-order valence-corrected chi connectivity index (χ4v) is 4.63. The first-order valence-electron chi connectivity index (χ1n) is 7.81. The highest BCUT2D eigenvalue weighted by Crippen LogP contribution is 2.28. The lowest BCUT2D eigenvalue weighted by atomic mass is 10.0. The number of aryl methyl sites for hydroxylation is 1. The van der Waals surface area contributed by atoms with E-state index < -0.39 is 22.0 Å². The Labute approximate surface area is 141 Å². The highest BCUT2D eigenvalue weighted by Gasteiger charge is 2.39. The number of sulfonamides is 1. The summed E-state index contributed by atoms with van der Waals surface area (Å²) in [5, 5.41) is 9.20. The SMILES string of the molecule is Cc1ccc(-c2ccc(S(=O)(=O)N3CCCC3C(=O)O)cc2)cc1. The molecule has 126 valence electrons. The number of aliphatic carboxylic acids is 1. The van der Waals surface area contributed by atoms with Crippen LogP contribution in [-0.2, 0) is 14.8 Å². The average molecular weight is 345 g/mol. The van der Waals surface area contributed by atoms with Gasteiger partial charge >= 0.3 is 5.97 Å². The van der Waals surface area contributed by atoms with Crippen molar-refractivity contribution in [3.63, 3.8) is 0 Å². The van der Waals surface area contributed by atoms with Crippen molar-refractivity contribution in [1.29, 1.82) is 0 Å². The normalized spacial score (nSPS) is 18.6. The molecule has 1 atom stereocenters. The van der Waals surface area contributed by atoms with Crippen LogP contribution in [0.3, 0.4) is 0 Å². The minimum absolute atomic E-state index is 0.131. The number of benzene rings is 2. The lowest BCUT2D eigenvalue weighted by Crippen LogP contribution is -2.40. The fourth-order valence-electron chi connectivity index (χ4n) is 2.98. The molecule has 2 aromatic rings. The standard InChI is InChI=1S/C18H19NO4S/c1-13-4-6-14(7-5-13)15-8-10-16(11-9-15)24(22,23)19-12-2-3-17(19)18(20)21/h4-11,17H,2-3,12H2,1H3,(H,20,21). The third kappa shape index (κ3) is 3.07. The minimum atomic E-state index is -3.79. The number of hydrogen-bond acceptors (Lipinski definition) is 3. The van der Waals surface area contributed by atoms with Crippen molar-refractivity contribution < 1.29 is 18.3 Å². The van der Waals surface area contributed by atoms with Gasteiger partial charge in [0.05, 0.1) is 4.90 Å². The summed E-state index contributed by atoms with van der Waals surface area (Å²) >= 11 is 0. The van der Waals surface area contributed by atoms with Crippen LogP contribution >= 0.6 is 0 Å². The van der Waals surface area contributed by atoms with Crippen LogP contribution in [0.15, 0.2) is 53.4 Å². The Hall–Kier alpha value is -2.18. The van der Waals surface area contributed by atoms with Gasteiger partial charge in [-0.05, 0) is 43.0 Å². The van der Waals surface area contributed by atoms with Gasteiger partial charge in [0.25, 0.3) is 0 Å². The van der Waals surface area contributed by atoms with Gasteiger partial charge in [0, 0.05) is 6.54 Å². The maximum atomic E-state index is 12.7. The monoisotopic (exact) mass is 345 g/mol. The molecule has 1 fully saturated rings. The number of hydrogen-bond donors (Lipinski definition) is 1. The summed E-state index contributed by atoms with van der Waals surface area (Å²) < 4.78 is 26.5. The Balaban J connectivity index is 1.89. The maximum Gasteiger partial charge on any atom is 0.322 e. The molecule has 0 radical (unpaired) electrons. The topological polar surface area (TPSA) is 74.7 Å². The van der Waals surface area contributed by atoms with Gasteiger partial charge < -0.3 is 5.11 Å². The molecule has 24 heavy (non-hydrogen) atoms. The first-order valence-corrected chi connectivity index (χ1v) is 9.25. The molecule has 0 aromatic heterocycles. The Morgan fingerprint density at radius 3 is 2.12 bits per heavy atom. The number of carboxylic acid groups (broad SMARTS) is 1. The zero-order chi connectivity index (χ0) is 17.3. The van der Waals surface area contributed by atoms with Gasteiger partial charge in [0.1, 0.15) is 6.04 Å². The van der Waals surface area contributed by atoms with E-state index in [4.69, 9.17) is 0 Å². The van der Waals surface area contributed by atoms with Crippen molar-refractivity contribution in [1.82, 2.24) is 4.31 Å². The molecule has 1 saturated heterocycles. The molecule has 6 heteroatoms. The van der Waals surface area contributed by atoms with Gasteiger partial charge in [0.2, 0.25) is 10.0 Å². The Morgan fingerprint density at radius 2 is 1.58 bits per heavy atom. The van der Waals surface area contributed by atoms with E-state index in [-0.39, 0.29) is 11.4 Å². The van der Waals surface area contributed by atoms with Crippen LogP contribution < -0.4 is 0 Å². The van der Waals surface area contributed by atoms with Crippen LogP contribution in [0.5, 0.6) is 0 Å². The summed E-state index contributed by atoms with van der Waals surface area (Å²) in [5.74, 6) is -1.09. The smallest absolute Gasteiger partial charge is 0.322 e. The molecule has 0 saturated carbocycles. The third-order valence-electron chi connectivity index (χ3n) is 4.33. The third-order valence-corrected chi connectivity index (χ3v) is 6.26. The minimum Gasteiger partial charge on any atom is -0.480 e. The summed E-state index contributed by atoms with van der Waals surface area (Å²) in [7, 11) is -3.79. The van der Waals surface area contributed by atoms with E-state index in [9.17, 15) is 18.3 Å². The first-order chi connectivity index (χ1) is 11.4. The number of carbonyl (C=O) groups is 1. The fraction of sp³-hybridized carbons (Fsp3) is 0.278. The van der Waals surface area contributed by atoms with E-state index in [0.29, 0.717) is 12.8 Å². The molecule has 1 N–H and O–H groups in total. The van der Waals surface area contributed by atoms with Gasteiger partial charge in [-0.25, -0.2) is 8.42 Å². The second kappa shape index (κ2) is 6.37. The summed E-state index contributed by atoms with van der Waals surface area (Å²) in [6, 6.07) is 13.6. The molecule has 1 aliphatic rings. The molecule has 2 aromatic carbocycles. The van der Waals surface area contributed by atoms with Crippen molar-refractivity contribution in [2.75, 3.05) is 6.54 Å². The highest BCUT2D eigenvalue weighted by atomic mass is 32.2. The van der Waals surface area contributed by atoms with Gasteiger partial charge in [-0.2, -0.15) is 4.31 Å². The highest BCUT2D eigenvalue weighted by molar-refractivity contribution is 7.89. The molecule has 0 amide bonds. The zero-order valence-electron chi connectivity index (χ0n) is 13.3. The van der Waals surface area contributed by atoms with E-state index in [1.807, 2.05) is 31.2 Å². The van der Waals surface area contributed by atoms with Crippen LogP contribution in [0.2, 0.25) is 0 Å². The van der Waals surface area contributed by atoms with Crippen molar-refractivity contribution in [3.05, 3.63) is 54.1 Å². The maximum absolute atomic E-state index is 12.7. The Morgan fingerprint density at radius 1 is 1.04 bits per heavy atom. The second-order valence-corrected chi connectivity index (χ2v) is 7.89. The van der Waals surface area contributed by atoms with Gasteiger partial charge in [-0.1, -0.05) is 42.0 Å². The molecule has 1 unspecified atom stereocenters. The van der Waals surface area contributed by atoms with Crippen LogP contribution in [-0.4, -0.2) is 36.4 Å². The number of rotatable bonds is 4. The van der Waals surface area contributed by atoms with Crippen molar-refractivity contribution >= 4 is 16.0 Å². The predicted octanol–water partition coefficient (Wildman–Crippen LogP) is 2.90. The predicted molar refractivity (Wildman–Crippen MR) is 91.2 cm³/mol. The lowest BCUT2D eigenvalue weighted by molar-refractivity contribution is -0.140. The summed E-state index contributed by atoms with van der Waals surface area (Å²) in [6.07, 6.45) is 0.924. The molecular weight excluding hydrogens is 326 g/mol. The Bertz CT molecular complexity index is 842. The van der Waals surface area contributed by atoms with Crippen LogP contribution in [0, 0.1) is 6.92 Å². The van der Waals surface area contributed by atoms with Crippen molar-refractivity contribution in [2.45, 2.75) is 30.7 Å². The van der Waals surface area contributed by atoms with E-state index in [1.54, 1.807) is 24.3 Å². The van der Waals surface area contributed by atoms with E-state index in [1.165, 1.54) is 0 Å². The molecular formula is C18H19NO4S. The average Bonchev–Trinajstić information content (AvgIpc) is 3.06. The van der Waals surface area contributed by atoms with E-state index in [0.717, 1.165) is 21.0 Å². The summed E-state index contributed by atoms with van der Waals surface area (Å²) in [5.41, 5.74) is 3.09. The Kier molecular flexibility index (Phi) is 4.43. The van der Waals surface area contributed by atoms with E-state index >= 15 is 0 Å². The first kappa shape index (κ1) is 16.7. The number of carboxylic acids is 1. The van der Waals surface area contributed by atoms with E-state index in [2.05, 4.69) is 0 Å². The van der Waals surface area contributed by atoms with Gasteiger partial charge in [0.15, 0.2) is 0 Å². The molecule has 3 rings (SSSR count). The van der Waals surface area contributed by atoms with Crippen LogP contribution in [0.1, 0.15) is 18.4 Å². The largest absolute Gasteiger partial charge is 0.480 e. The second-order valence-electron chi connectivity index (χ2n) is 6.00. The van der Waals surface area contributed by atoms with Crippen LogP contribution in [0.25, 0.3) is 11.1 Å². The van der Waals surface area contributed by atoms with Gasteiger partial charge in [-0.3, -0.25) is 4.79 Å².